The first-order valence-corrected chi connectivity index (χ1v) is 8.50. The van der Waals surface area contributed by atoms with E-state index in [1.807, 2.05) is 0 Å². The first kappa shape index (κ1) is 19.1. The molecule has 0 bridgehead atoms. The summed E-state index contributed by atoms with van der Waals surface area (Å²) in [5, 5.41) is 7.30. The van der Waals surface area contributed by atoms with Crippen LogP contribution < -0.4 is 5.32 Å². The van der Waals surface area contributed by atoms with Crippen LogP contribution >= 0.6 is 0 Å². The Morgan fingerprint density at radius 2 is 1.83 bits per heavy atom. The molecule has 3 aromatic heterocycles. The number of hydrogen-bond acceptors (Lipinski definition) is 4. The van der Waals surface area contributed by atoms with Crippen LogP contribution in [-0.4, -0.2) is 25.7 Å². The Hall–Kier alpha value is -4.26. The molecule has 0 aliphatic heterocycles. The van der Waals surface area contributed by atoms with Crippen LogP contribution in [-0.2, 0) is 6.18 Å². The van der Waals surface area contributed by atoms with Crippen LogP contribution in [0.4, 0.5) is 24.5 Å². The van der Waals surface area contributed by atoms with Crippen LogP contribution in [0.1, 0.15) is 16.1 Å². The Labute approximate surface area is 167 Å². The molecule has 30 heavy (non-hydrogen) atoms. The molecular formula is C20H11F3N6O. The van der Waals surface area contributed by atoms with E-state index < -0.39 is 23.3 Å². The lowest BCUT2D eigenvalue weighted by Crippen LogP contribution is -2.21. The van der Waals surface area contributed by atoms with Gasteiger partial charge in [-0.05, 0) is 6.07 Å². The molecule has 4 rings (SSSR count). The highest BCUT2D eigenvalue weighted by Crippen LogP contribution is 2.35. The molecule has 0 aliphatic carbocycles. The van der Waals surface area contributed by atoms with Gasteiger partial charge in [0.15, 0.2) is 5.69 Å². The molecule has 0 spiro atoms. The van der Waals surface area contributed by atoms with Crippen molar-refractivity contribution in [3.63, 3.8) is 0 Å². The summed E-state index contributed by atoms with van der Waals surface area (Å²) in [6.45, 7) is 6.97. The zero-order valence-corrected chi connectivity index (χ0v) is 15.1. The fourth-order valence-corrected chi connectivity index (χ4v) is 3.00. The fraction of sp³-hybridized carbons (Fsp3) is 0.0500. The largest absolute Gasteiger partial charge is 0.434 e. The Morgan fingerprint density at radius 3 is 2.60 bits per heavy atom. The van der Waals surface area contributed by atoms with Crippen LogP contribution in [0.2, 0.25) is 0 Å². The second-order valence-electron chi connectivity index (χ2n) is 6.19. The highest BCUT2D eigenvalue weighted by Gasteiger charge is 2.41. The molecule has 10 heteroatoms. The second-order valence-corrected chi connectivity index (χ2v) is 6.19. The molecule has 7 nitrogen and oxygen atoms in total. The van der Waals surface area contributed by atoms with Crippen molar-refractivity contribution < 1.29 is 18.0 Å². The van der Waals surface area contributed by atoms with Crippen LogP contribution in [0.25, 0.3) is 21.3 Å². The van der Waals surface area contributed by atoms with Crippen molar-refractivity contribution in [1.82, 2.24) is 19.7 Å². The van der Waals surface area contributed by atoms with Gasteiger partial charge in [0, 0.05) is 35.1 Å². The van der Waals surface area contributed by atoms with E-state index in [9.17, 15) is 18.0 Å². The number of benzene rings is 1. The second kappa shape index (κ2) is 7.29. The lowest BCUT2D eigenvalue weighted by molar-refractivity contribution is -0.143. The summed E-state index contributed by atoms with van der Waals surface area (Å²) in [6.07, 6.45) is 1.28. The number of hydrogen-bond donors (Lipinski definition) is 1. The van der Waals surface area contributed by atoms with Gasteiger partial charge < -0.3 is 5.32 Å². The third-order valence-corrected chi connectivity index (χ3v) is 4.27. The Morgan fingerprint density at radius 1 is 1.07 bits per heavy atom. The molecule has 0 radical (unpaired) electrons. The quantitative estimate of drug-likeness (QED) is 0.501. The Kier molecular flexibility index (Phi) is 4.63. The SMILES string of the molecule is [C-]#[N+]c1cncc(NC(=O)c2cnn(-c3cncc4ccccc34)c2C(F)(F)F)c1. The number of pyridine rings is 2. The number of aromatic nitrogens is 4. The summed E-state index contributed by atoms with van der Waals surface area (Å²) in [5.41, 5.74) is -1.56. The average Bonchev–Trinajstić information content (AvgIpc) is 3.19. The van der Waals surface area contributed by atoms with Crippen molar-refractivity contribution in [3.8, 4) is 5.69 Å². The molecule has 0 saturated carbocycles. The van der Waals surface area contributed by atoms with E-state index in [2.05, 4.69) is 25.2 Å². The lowest BCUT2D eigenvalue weighted by Gasteiger charge is -2.14. The molecule has 3 heterocycles. The minimum absolute atomic E-state index is 0.0937. The Balaban J connectivity index is 1.82. The zero-order chi connectivity index (χ0) is 21.3. The van der Waals surface area contributed by atoms with Gasteiger partial charge in [-0.15, -0.1) is 0 Å². The van der Waals surface area contributed by atoms with Crippen molar-refractivity contribution in [3.05, 3.63) is 84.0 Å². The van der Waals surface area contributed by atoms with Crippen molar-refractivity contribution >= 4 is 28.1 Å². The number of carbonyl (C=O) groups is 1. The molecule has 1 amide bonds. The van der Waals surface area contributed by atoms with E-state index in [-0.39, 0.29) is 17.1 Å². The summed E-state index contributed by atoms with van der Waals surface area (Å²) in [6, 6.07) is 8.10. The van der Waals surface area contributed by atoms with Gasteiger partial charge in [0.05, 0.1) is 30.2 Å². The van der Waals surface area contributed by atoms with Crippen LogP contribution in [0, 0.1) is 6.57 Å². The molecule has 0 unspecified atom stereocenters. The molecule has 4 aromatic rings. The molecule has 0 saturated heterocycles. The van der Waals surface area contributed by atoms with E-state index in [1.165, 1.54) is 30.9 Å². The number of alkyl halides is 3. The van der Waals surface area contributed by atoms with Gasteiger partial charge in [0.1, 0.15) is 0 Å². The number of carbonyl (C=O) groups excluding carboxylic acids is 1. The van der Waals surface area contributed by atoms with Gasteiger partial charge in [0.25, 0.3) is 5.91 Å². The fourth-order valence-electron chi connectivity index (χ4n) is 3.00. The number of nitrogens with zero attached hydrogens (tertiary/aromatic N) is 5. The average molecular weight is 408 g/mol. The number of anilines is 1. The summed E-state index contributed by atoms with van der Waals surface area (Å²) in [4.78, 5) is 23.5. The summed E-state index contributed by atoms with van der Waals surface area (Å²) in [5.74, 6) is -1.02. The number of nitrogens with one attached hydrogen (secondary N) is 1. The maximum Gasteiger partial charge on any atom is 0.434 e. The monoisotopic (exact) mass is 408 g/mol. The first-order valence-electron chi connectivity index (χ1n) is 8.50. The smallest absolute Gasteiger partial charge is 0.322 e. The first-order chi connectivity index (χ1) is 14.4. The topological polar surface area (TPSA) is 77.1 Å². The zero-order valence-electron chi connectivity index (χ0n) is 15.1. The molecular weight excluding hydrogens is 397 g/mol. The van der Waals surface area contributed by atoms with Crippen LogP contribution in [0.3, 0.4) is 0 Å². The van der Waals surface area contributed by atoms with E-state index in [0.29, 0.717) is 15.5 Å². The maximum atomic E-state index is 13.9. The van der Waals surface area contributed by atoms with Crippen LogP contribution in [0.15, 0.2) is 61.3 Å². The van der Waals surface area contributed by atoms with E-state index >= 15 is 0 Å². The lowest BCUT2D eigenvalue weighted by atomic mass is 10.1. The van der Waals surface area contributed by atoms with Crippen molar-refractivity contribution in [2.45, 2.75) is 6.18 Å². The number of rotatable bonds is 3. The number of amides is 1. The molecule has 1 aromatic carbocycles. The predicted octanol–water partition coefficient (Wildman–Crippen LogP) is 4.64. The highest BCUT2D eigenvalue weighted by atomic mass is 19.4. The van der Waals surface area contributed by atoms with E-state index in [1.54, 1.807) is 24.3 Å². The molecule has 0 fully saturated rings. The van der Waals surface area contributed by atoms with E-state index in [4.69, 9.17) is 6.57 Å². The van der Waals surface area contributed by atoms with Gasteiger partial charge in [-0.25, -0.2) is 9.53 Å². The standard InChI is InChI=1S/C20H11F3N6O/c1-24-13-6-14(9-26-8-13)28-19(30)16-10-27-29(18(16)20(21,22)23)17-11-25-7-12-4-2-3-5-15(12)17/h2-11H,(H,28,30). The molecule has 148 valence electrons. The minimum atomic E-state index is -4.86. The van der Waals surface area contributed by atoms with Crippen LogP contribution in [0.5, 0.6) is 0 Å². The summed E-state index contributed by atoms with van der Waals surface area (Å²) >= 11 is 0. The third-order valence-electron chi connectivity index (χ3n) is 4.27. The molecule has 0 aliphatic rings. The van der Waals surface area contributed by atoms with Gasteiger partial charge in [-0.1, -0.05) is 24.3 Å². The van der Waals surface area contributed by atoms with Gasteiger partial charge in [-0.2, -0.15) is 18.3 Å². The van der Waals surface area contributed by atoms with Gasteiger partial charge in [-0.3, -0.25) is 14.8 Å². The molecule has 1 N–H and O–H groups in total. The predicted molar refractivity (Wildman–Crippen MR) is 102 cm³/mol. The van der Waals surface area contributed by atoms with Crippen molar-refractivity contribution in [2.24, 2.45) is 0 Å². The number of fused-ring (bicyclic) bond motifs is 1. The Bertz CT molecular complexity index is 1300. The number of halogens is 3. The third kappa shape index (κ3) is 3.44. The summed E-state index contributed by atoms with van der Waals surface area (Å²) < 4.78 is 42.5. The maximum absolute atomic E-state index is 13.9. The van der Waals surface area contributed by atoms with Crippen molar-refractivity contribution in [2.75, 3.05) is 5.32 Å². The van der Waals surface area contributed by atoms with Gasteiger partial charge in [0.2, 0.25) is 5.69 Å². The molecule has 0 atom stereocenters. The van der Waals surface area contributed by atoms with Gasteiger partial charge >= 0.3 is 6.18 Å². The van der Waals surface area contributed by atoms with Crippen molar-refractivity contribution in [1.29, 1.82) is 0 Å². The minimum Gasteiger partial charge on any atom is -0.322 e. The summed E-state index contributed by atoms with van der Waals surface area (Å²) in [7, 11) is 0. The highest BCUT2D eigenvalue weighted by molar-refractivity contribution is 6.05. The normalized spacial score (nSPS) is 11.3. The van der Waals surface area contributed by atoms with E-state index in [0.717, 1.165) is 6.20 Å².